The van der Waals surface area contributed by atoms with Crippen LogP contribution in [0.1, 0.15) is 17.2 Å². The van der Waals surface area contributed by atoms with E-state index >= 15 is 0 Å². The van der Waals surface area contributed by atoms with Gasteiger partial charge in [-0.2, -0.15) is 4.73 Å². The molecule has 3 aromatic carbocycles. The second-order valence-electron chi connectivity index (χ2n) is 7.94. The van der Waals surface area contributed by atoms with Gasteiger partial charge in [-0.05, 0) is 18.2 Å². The number of aromatic nitrogens is 1. The van der Waals surface area contributed by atoms with E-state index in [1.165, 1.54) is 15.2 Å². The Hall–Kier alpha value is -3.28. The SMILES string of the molecule is COc1cccc([C@H](c2c(-c3ccccc3)n(O)c3ccccc23)[NH+]2CCOCC2)c1. The Bertz CT molecular complexity index is 1180. The molecule has 0 aliphatic carbocycles. The molecular formula is C26H27N2O3+. The summed E-state index contributed by atoms with van der Waals surface area (Å²) in [5, 5.41) is 12.3. The smallest absolute Gasteiger partial charge is 0.142 e. The fourth-order valence-corrected chi connectivity index (χ4v) is 4.76. The number of quaternary nitrogens is 1. The van der Waals surface area contributed by atoms with Crippen molar-refractivity contribution in [1.82, 2.24) is 4.73 Å². The van der Waals surface area contributed by atoms with Crippen molar-refractivity contribution >= 4 is 10.9 Å². The number of methoxy groups -OCH3 is 1. The van der Waals surface area contributed by atoms with Crippen LogP contribution in [0.2, 0.25) is 0 Å². The lowest BCUT2D eigenvalue weighted by Crippen LogP contribution is -3.14. The summed E-state index contributed by atoms with van der Waals surface area (Å²) in [6.07, 6.45) is 0. The fraction of sp³-hybridized carbons (Fsp3) is 0.231. The predicted molar refractivity (Wildman–Crippen MR) is 121 cm³/mol. The maximum Gasteiger partial charge on any atom is 0.142 e. The van der Waals surface area contributed by atoms with Gasteiger partial charge in [0.2, 0.25) is 0 Å². The summed E-state index contributed by atoms with van der Waals surface area (Å²) in [5.41, 5.74) is 4.96. The minimum Gasteiger partial charge on any atom is -0.497 e. The van der Waals surface area contributed by atoms with Gasteiger partial charge in [0.05, 0.1) is 37.1 Å². The highest BCUT2D eigenvalue weighted by molar-refractivity contribution is 5.92. The number of hydrogen-bond acceptors (Lipinski definition) is 3. The number of ether oxygens (including phenoxy) is 2. The standard InChI is InChI=1S/C26H26N2O3/c1-30-21-11-7-10-20(18-21)25(27-14-16-31-17-15-27)24-22-12-5-6-13-23(22)28(29)26(24)19-8-3-2-4-9-19/h2-13,18,25,29H,14-17H2,1H3/p+1/t25-/m1/s1. The van der Waals surface area contributed by atoms with Gasteiger partial charge in [0.1, 0.15) is 24.9 Å². The summed E-state index contributed by atoms with van der Waals surface area (Å²) >= 11 is 0. The zero-order valence-corrected chi connectivity index (χ0v) is 17.6. The van der Waals surface area contributed by atoms with Crippen LogP contribution in [0, 0.1) is 0 Å². The summed E-state index contributed by atoms with van der Waals surface area (Å²) in [6.45, 7) is 3.27. The van der Waals surface area contributed by atoms with Crippen LogP contribution >= 0.6 is 0 Å². The average Bonchev–Trinajstić information content (AvgIpc) is 3.13. The molecule has 1 saturated heterocycles. The number of nitrogens with zero attached hydrogens (tertiary/aromatic N) is 1. The highest BCUT2D eigenvalue weighted by Crippen LogP contribution is 2.38. The second-order valence-corrected chi connectivity index (χ2v) is 7.94. The van der Waals surface area contributed by atoms with E-state index < -0.39 is 0 Å². The van der Waals surface area contributed by atoms with Crippen molar-refractivity contribution in [3.05, 3.63) is 90.0 Å². The molecule has 0 bridgehead atoms. The molecule has 2 N–H and O–H groups in total. The normalized spacial score (nSPS) is 15.8. The lowest BCUT2D eigenvalue weighted by atomic mass is 9.92. The number of rotatable bonds is 5. The molecule has 2 heterocycles. The van der Waals surface area contributed by atoms with Crippen LogP contribution in [0.3, 0.4) is 0 Å². The lowest BCUT2D eigenvalue weighted by molar-refractivity contribution is -0.932. The average molecular weight is 416 g/mol. The Morgan fingerprint density at radius 3 is 2.45 bits per heavy atom. The molecule has 158 valence electrons. The van der Waals surface area contributed by atoms with E-state index in [1.807, 2.05) is 48.5 Å². The van der Waals surface area contributed by atoms with Crippen LogP contribution in [-0.2, 0) is 4.74 Å². The van der Waals surface area contributed by atoms with Gasteiger partial charge in [-0.1, -0.05) is 60.7 Å². The summed E-state index contributed by atoms with van der Waals surface area (Å²) in [7, 11) is 1.70. The molecule has 31 heavy (non-hydrogen) atoms. The van der Waals surface area contributed by atoms with E-state index in [0.717, 1.165) is 59.8 Å². The van der Waals surface area contributed by atoms with Crippen molar-refractivity contribution in [3.63, 3.8) is 0 Å². The van der Waals surface area contributed by atoms with E-state index in [-0.39, 0.29) is 6.04 Å². The van der Waals surface area contributed by atoms with Crippen LogP contribution in [0.4, 0.5) is 0 Å². The molecule has 0 amide bonds. The molecule has 0 radical (unpaired) electrons. The van der Waals surface area contributed by atoms with Gasteiger partial charge in [0.15, 0.2) is 0 Å². The molecule has 5 heteroatoms. The first-order chi connectivity index (χ1) is 15.3. The summed E-state index contributed by atoms with van der Waals surface area (Å²) in [6, 6.07) is 26.6. The fourth-order valence-electron chi connectivity index (χ4n) is 4.76. The minimum atomic E-state index is 0.0347. The first-order valence-corrected chi connectivity index (χ1v) is 10.7. The molecule has 1 aliphatic heterocycles. The van der Waals surface area contributed by atoms with E-state index in [2.05, 4.69) is 30.3 Å². The number of benzene rings is 3. The van der Waals surface area contributed by atoms with Crippen LogP contribution in [0.15, 0.2) is 78.9 Å². The number of nitrogens with one attached hydrogen (secondary N) is 1. The van der Waals surface area contributed by atoms with Crippen LogP contribution in [0.5, 0.6) is 5.75 Å². The van der Waals surface area contributed by atoms with Crippen molar-refractivity contribution in [2.45, 2.75) is 6.04 Å². The van der Waals surface area contributed by atoms with Crippen LogP contribution < -0.4 is 9.64 Å². The Morgan fingerprint density at radius 2 is 1.68 bits per heavy atom. The van der Waals surface area contributed by atoms with Crippen LogP contribution in [0.25, 0.3) is 22.2 Å². The molecule has 5 rings (SSSR count). The minimum absolute atomic E-state index is 0.0347. The molecule has 1 fully saturated rings. The summed E-state index contributed by atoms with van der Waals surface area (Å²) in [4.78, 5) is 1.42. The second kappa shape index (κ2) is 8.46. The number of hydrogen-bond donors (Lipinski definition) is 2. The zero-order valence-electron chi connectivity index (χ0n) is 17.6. The lowest BCUT2D eigenvalue weighted by Gasteiger charge is -2.32. The van der Waals surface area contributed by atoms with Gasteiger partial charge in [-0.3, -0.25) is 0 Å². The van der Waals surface area contributed by atoms with Gasteiger partial charge in [-0.25, -0.2) is 0 Å². The Labute approximate surface area is 182 Å². The first kappa shape index (κ1) is 19.7. The van der Waals surface area contributed by atoms with Gasteiger partial charge < -0.3 is 19.6 Å². The largest absolute Gasteiger partial charge is 0.497 e. The molecule has 1 aromatic heterocycles. The zero-order chi connectivity index (χ0) is 21.2. The summed E-state index contributed by atoms with van der Waals surface area (Å²) < 4.78 is 12.6. The van der Waals surface area contributed by atoms with E-state index in [9.17, 15) is 5.21 Å². The number of fused-ring (bicyclic) bond motifs is 1. The van der Waals surface area contributed by atoms with Gasteiger partial charge >= 0.3 is 0 Å². The van der Waals surface area contributed by atoms with Gasteiger partial charge in [0, 0.05) is 16.5 Å². The molecule has 4 aromatic rings. The quantitative estimate of drug-likeness (QED) is 0.490. The third-order valence-electron chi connectivity index (χ3n) is 6.20. The van der Waals surface area contributed by atoms with Gasteiger partial charge in [-0.15, -0.1) is 0 Å². The van der Waals surface area contributed by atoms with E-state index in [0.29, 0.717) is 0 Å². The molecule has 1 aliphatic rings. The molecule has 0 saturated carbocycles. The molecule has 0 spiro atoms. The summed E-state index contributed by atoms with van der Waals surface area (Å²) in [5.74, 6) is 0.837. The Morgan fingerprint density at radius 1 is 0.935 bits per heavy atom. The number of para-hydroxylation sites is 1. The Balaban J connectivity index is 1.80. The van der Waals surface area contributed by atoms with Crippen molar-refractivity contribution in [2.75, 3.05) is 33.4 Å². The van der Waals surface area contributed by atoms with Crippen molar-refractivity contribution in [3.8, 4) is 17.0 Å². The van der Waals surface area contributed by atoms with E-state index in [4.69, 9.17) is 9.47 Å². The van der Waals surface area contributed by atoms with Crippen molar-refractivity contribution in [1.29, 1.82) is 0 Å². The van der Waals surface area contributed by atoms with Crippen molar-refractivity contribution < 1.29 is 19.6 Å². The molecule has 1 atom stereocenters. The molecule has 0 unspecified atom stereocenters. The third kappa shape index (κ3) is 3.56. The highest BCUT2D eigenvalue weighted by atomic mass is 16.5. The molecular weight excluding hydrogens is 388 g/mol. The van der Waals surface area contributed by atoms with Crippen LogP contribution in [-0.4, -0.2) is 43.4 Å². The predicted octanol–water partition coefficient (Wildman–Crippen LogP) is 3.56. The van der Waals surface area contributed by atoms with Gasteiger partial charge in [0.25, 0.3) is 0 Å². The highest BCUT2D eigenvalue weighted by Gasteiger charge is 2.34. The maximum atomic E-state index is 11.3. The van der Waals surface area contributed by atoms with E-state index in [1.54, 1.807) is 7.11 Å². The monoisotopic (exact) mass is 415 g/mol. The Kier molecular flexibility index (Phi) is 5.37. The first-order valence-electron chi connectivity index (χ1n) is 10.7. The van der Waals surface area contributed by atoms with Crippen molar-refractivity contribution in [2.24, 2.45) is 0 Å². The molecule has 5 nitrogen and oxygen atoms in total. The topological polar surface area (TPSA) is 48.1 Å². The third-order valence-corrected chi connectivity index (χ3v) is 6.20. The maximum absolute atomic E-state index is 11.3. The number of morpholine rings is 1.